The van der Waals surface area contributed by atoms with Crippen molar-refractivity contribution in [3.05, 3.63) is 23.3 Å². The number of hydrogen-bond donors (Lipinski definition) is 1. The fourth-order valence-electron chi connectivity index (χ4n) is 2.09. The SMILES string of the molecule is Cc1ccc2c(c1C)N(C(=O)CCN)CCS2. The molecule has 4 heteroatoms. The van der Waals surface area contributed by atoms with Crippen molar-refractivity contribution in [2.75, 3.05) is 23.7 Å². The second-order valence-electron chi connectivity index (χ2n) is 4.29. The lowest BCUT2D eigenvalue weighted by Crippen LogP contribution is -2.37. The Balaban J connectivity index is 2.42. The first-order valence-corrected chi connectivity index (χ1v) is 6.87. The van der Waals surface area contributed by atoms with Gasteiger partial charge in [-0.2, -0.15) is 0 Å². The number of fused-ring (bicyclic) bond motifs is 1. The lowest BCUT2D eigenvalue weighted by Gasteiger charge is -2.31. The molecule has 0 unspecified atom stereocenters. The van der Waals surface area contributed by atoms with E-state index in [0.717, 1.165) is 18.0 Å². The molecule has 2 N–H and O–H groups in total. The molecule has 0 bridgehead atoms. The molecule has 0 fully saturated rings. The highest BCUT2D eigenvalue weighted by Gasteiger charge is 2.24. The highest BCUT2D eigenvalue weighted by molar-refractivity contribution is 7.99. The topological polar surface area (TPSA) is 46.3 Å². The van der Waals surface area contributed by atoms with Crippen LogP contribution in [0.15, 0.2) is 17.0 Å². The number of carbonyl (C=O) groups is 1. The summed E-state index contributed by atoms with van der Waals surface area (Å²) in [6, 6.07) is 4.24. The zero-order valence-corrected chi connectivity index (χ0v) is 11.1. The summed E-state index contributed by atoms with van der Waals surface area (Å²) in [5.74, 6) is 1.11. The third kappa shape index (κ3) is 2.33. The maximum absolute atomic E-state index is 12.1. The average Bonchev–Trinajstić information content (AvgIpc) is 2.33. The van der Waals surface area contributed by atoms with E-state index < -0.39 is 0 Å². The number of anilines is 1. The highest BCUT2D eigenvalue weighted by Crippen LogP contribution is 2.38. The van der Waals surface area contributed by atoms with Crippen LogP contribution in [-0.2, 0) is 4.79 Å². The van der Waals surface area contributed by atoms with Crippen LogP contribution in [0.1, 0.15) is 17.5 Å². The van der Waals surface area contributed by atoms with Gasteiger partial charge in [0, 0.05) is 30.2 Å². The van der Waals surface area contributed by atoms with Crippen LogP contribution in [0, 0.1) is 13.8 Å². The summed E-state index contributed by atoms with van der Waals surface area (Å²) in [5.41, 5.74) is 9.01. The third-order valence-electron chi connectivity index (χ3n) is 3.17. The van der Waals surface area contributed by atoms with E-state index in [2.05, 4.69) is 26.0 Å². The summed E-state index contributed by atoms with van der Waals surface area (Å²) in [7, 11) is 0. The fourth-order valence-corrected chi connectivity index (χ4v) is 3.15. The van der Waals surface area contributed by atoms with Crippen LogP contribution in [0.3, 0.4) is 0 Å². The minimum atomic E-state index is 0.141. The van der Waals surface area contributed by atoms with Gasteiger partial charge in [-0.05, 0) is 31.0 Å². The molecule has 0 atom stereocenters. The molecule has 1 aliphatic rings. The molecule has 1 aliphatic heterocycles. The van der Waals surface area contributed by atoms with Gasteiger partial charge >= 0.3 is 0 Å². The number of thioether (sulfide) groups is 1. The number of amides is 1. The lowest BCUT2D eigenvalue weighted by molar-refractivity contribution is -0.118. The lowest BCUT2D eigenvalue weighted by atomic mass is 10.1. The van der Waals surface area contributed by atoms with Crippen molar-refractivity contribution in [2.45, 2.75) is 25.2 Å². The van der Waals surface area contributed by atoms with Crippen molar-refractivity contribution in [1.82, 2.24) is 0 Å². The number of nitrogens with two attached hydrogens (primary N) is 1. The highest BCUT2D eigenvalue weighted by atomic mass is 32.2. The zero-order valence-electron chi connectivity index (χ0n) is 10.3. The number of carbonyl (C=O) groups excluding carboxylic acids is 1. The maximum Gasteiger partial charge on any atom is 0.228 e. The molecule has 1 aromatic rings. The van der Waals surface area contributed by atoms with Gasteiger partial charge in [0.1, 0.15) is 0 Å². The number of aryl methyl sites for hydroxylation is 1. The van der Waals surface area contributed by atoms with E-state index in [1.807, 2.05) is 16.7 Å². The van der Waals surface area contributed by atoms with Gasteiger partial charge < -0.3 is 10.6 Å². The molecule has 0 aromatic heterocycles. The monoisotopic (exact) mass is 250 g/mol. The Bertz CT molecular complexity index is 445. The molecule has 3 nitrogen and oxygen atoms in total. The van der Waals surface area contributed by atoms with Gasteiger partial charge in [-0.1, -0.05) is 6.07 Å². The summed E-state index contributed by atoms with van der Waals surface area (Å²) >= 11 is 1.83. The number of nitrogens with zero attached hydrogens (tertiary/aromatic N) is 1. The van der Waals surface area contributed by atoms with Crippen molar-refractivity contribution in [3.63, 3.8) is 0 Å². The van der Waals surface area contributed by atoms with Crippen LogP contribution >= 0.6 is 11.8 Å². The summed E-state index contributed by atoms with van der Waals surface area (Å²) in [6.07, 6.45) is 0.428. The largest absolute Gasteiger partial charge is 0.330 e. The molecule has 17 heavy (non-hydrogen) atoms. The normalized spacial score (nSPS) is 14.6. The maximum atomic E-state index is 12.1. The van der Waals surface area contributed by atoms with Crippen molar-refractivity contribution >= 4 is 23.4 Å². The number of hydrogen-bond acceptors (Lipinski definition) is 3. The molecule has 1 amide bonds. The van der Waals surface area contributed by atoms with Crippen LogP contribution < -0.4 is 10.6 Å². The van der Waals surface area contributed by atoms with E-state index >= 15 is 0 Å². The first-order valence-electron chi connectivity index (χ1n) is 5.88. The second kappa shape index (κ2) is 5.10. The zero-order chi connectivity index (χ0) is 12.4. The van der Waals surface area contributed by atoms with Gasteiger partial charge in [-0.15, -0.1) is 11.8 Å². The van der Waals surface area contributed by atoms with Crippen LogP contribution in [0.5, 0.6) is 0 Å². The van der Waals surface area contributed by atoms with Crippen LogP contribution in [0.4, 0.5) is 5.69 Å². The van der Waals surface area contributed by atoms with Crippen molar-refractivity contribution < 1.29 is 4.79 Å². The summed E-state index contributed by atoms with van der Waals surface area (Å²) in [5, 5.41) is 0. The molecule has 0 aliphatic carbocycles. The third-order valence-corrected chi connectivity index (χ3v) is 4.19. The molecule has 2 rings (SSSR count). The number of benzene rings is 1. The standard InChI is InChI=1S/C13H18N2OS/c1-9-3-4-11-13(10(9)2)15(7-8-17-11)12(16)5-6-14/h3-4H,5-8,14H2,1-2H3. The quantitative estimate of drug-likeness (QED) is 0.874. The van der Waals surface area contributed by atoms with Gasteiger partial charge in [0.15, 0.2) is 0 Å². The minimum Gasteiger partial charge on any atom is -0.330 e. The van der Waals surface area contributed by atoms with E-state index in [0.29, 0.717) is 13.0 Å². The van der Waals surface area contributed by atoms with Gasteiger partial charge in [0.25, 0.3) is 0 Å². The van der Waals surface area contributed by atoms with Crippen LogP contribution in [0.2, 0.25) is 0 Å². The molecule has 1 aromatic carbocycles. The van der Waals surface area contributed by atoms with Crippen molar-refractivity contribution in [3.8, 4) is 0 Å². The predicted octanol–water partition coefficient (Wildman–Crippen LogP) is 2.09. The van der Waals surface area contributed by atoms with Gasteiger partial charge in [0.2, 0.25) is 5.91 Å². The second-order valence-corrected chi connectivity index (χ2v) is 5.42. The molecule has 1 heterocycles. The van der Waals surface area contributed by atoms with Crippen molar-refractivity contribution in [2.24, 2.45) is 5.73 Å². The Morgan fingerprint density at radius 2 is 2.24 bits per heavy atom. The van der Waals surface area contributed by atoms with Gasteiger partial charge in [-0.25, -0.2) is 0 Å². The number of rotatable bonds is 2. The Morgan fingerprint density at radius 3 is 2.94 bits per heavy atom. The molecule has 0 spiro atoms. The Hall–Kier alpha value is -1.000. The minimum absolute atomic E-state index is 0.141. The summed E-state index contributed by atoms with van der Waals surface area (Å²) in [4.78, 5) is 15.2. The van der Waals surface area contributed by atoms with E-state index in [9.17, 15) is 4.79 Å². The fraction of sp³-hybridized carbons (Fsp3) is 0.462. The first kappa shape index (κ1) is 12.5. The predicted molar refractivity (Wildman–Crippen MR) is 72.7 cm³/mol. The summed E-state index contributed by atoms with van der Waals surface area (Å²) < 4.78 is 0. The molecule has 0 saturated carbocycles. The van der Waals surface area contributed by atoms with E-state index in [1.165, 1.54) is 16.0 Å². The molecule has 0 radical (unpaired) electrons. The van der Waals surface area contributed by atoms with E-state index in [1.54, 1.807) is 0 Å². The average molecular weight is 250 g/mol. The Labute approximate surface area is 106 Å². The van der Waals surface area contributed by atoms with Gasteiger partial charge in [-0.3, -0.25) is 4.79 Å². The van der Waals surface area contributed by atoms with Gasteiger partial charge in [0.05, 0.1) is 5.69 Å². The molecule has 0 saturated heterocycles. The molecule has 92 valence electrons. The Kier molecular flexibility index (Phi) is 3.74. The first-order chi connectivity index (χ1) is 8.15. The Morgan fingerprint density at radius 1 is 1.47 bits per heavy atom. The van der Waals surface area contributed by atoms with Crippen molar-refractivity contribution in [1.29, 1.82) is 0 Å². The molecular weight excluding hydrogens is 232 g/mol. The smallest absolute Gasteiger partial charge is 0.228 e. The summed E-state index contributed by atoms with van der Waals surface area (Å²) in [6.45, 7) is 5.38. The van der Waals surface area contributed by atoms with E-state index in [-0.39, 0.29) is 5.91 Å². The van der Waals surface area contributed by atoms with Crippen LogP contribution in [0.25, 0.3) is 0 Å². The van der Waals surface area contributed by atoms with Crippen LogP contribution in [-0.4, -0.2) is 24.7 Å². The molecular formula is C13H18N2OS. The van der Waals surface area contributed by atoms with E-state index in [4.69, 9.17) is 5.73 Å².